The van der Waals surface area contributed by atoms with Gasteiger partial charge in [0, 0.05) is 11.6 Å². The Labute approximate surface area is 107 Å². The summed E-state index contributed by atoms with van der Waals surface area (Å²) in [6, 6.07) is 15.4. The molecule has 0 unspecified atom stereocenters. The Morgan fingerprint density at radius 3 is 2.61 bits per heavy atom. The summed E-state index contributed by atoms with van der Waals surface area (Å²) in [4.78, 5) is 4.41. The third-order valence-electron chi connectivity index (χ3n) is 2.72. The van der Waals surface area contributed by atoms with Crippen molar-refractivity contribution >= 4 is 11.5 Å². The van der Waals surface area contributed by atoms with E-state index in [0.29, 0.717) is 5.84 Å². The Morgan fingerprint density at radius 2 is 1.89 bits per heavy atom. The normalized spacial score (nSPS) is 11.3. The van der Waals surface area contributed by atoms with Crippen molar-refractivity contribution in [2.75, 3.05) is 7.11 Å². The van der Waals surface area contributed by atoms with Gasteiger partial charge >= 0.3 is 0 Å². The average molecular weight is 240 g/mol. The molecule has 0 amide bonds. The number of rotatable bonds is 3. The predicted octanol–water partition coefficient (Wildman–Crippen LogP) is 3.04. The number of nitrogens with zero attached hydrogens (tertiary/aromatic N) is 1. The quantitative estimate of drug-likeness (QED) is 0.662. The molecular weight excluding hydrogens is 224 g/mol. The molecule has 18 heavy (non-hydrogen) atoms. The molecule has 2 rings (SSSR count). The summed E-state index contributed by atoms with van der Waals surface area (Å²) in [5.41, 5.74) is 8.89. The van der Waals surface area contributed by atoms with E-state index in [9.17, 15) is 0 Å². The molecule has 0 heterocycles. The molecule has 0 atom stereocenters. The van der Waals surface area contributed by atoms with Crippen LogP contribution in [0.4, 0.5) is 5.69 Å². The molecular formula is C15H16N2O. The van der Waals surface area contributed by atoms with Gasteiger partial charge in [0.25, 0.3) is 0 Å². The van der Waals surface area contributed by atoms with Crippen LogP contribution in [0.5, 0.6) is 5.75 Å². The van der Waals surface area contributed by atoms with E-state index < -0.39 is 0 Å². The number of aliphatic imine (C=N–C) groups is 1. The van der Waals surface area contributed by atoms with Gasteiger partial charge < -0.3 is 10.5 Å². The van der Waals surface area contributed by atoms with E-state index in [1.807, 2.05) is 55.5 Å². The monoisotopic (exact) mass is 240 g/mol. The first-order valence-electron chi connectivity index (χ1n) is 5.75. The second-order valence-corrected chi connectivity index (χ2v) is 4.01. The van der Waals surface area contributed by atoms with Gasteiger partial charge in [0.15, 0.2) is 0 Å². The van der Waals surface area contributed by atoms with Gasteiger partial charge in [-0.3, -0.25) is 0 Å². The van der Waals surface area contributed by atoms with Crippen LogP contribution in [0.2, 0.25) is 0 Å². The van der Waals surface area contributed by atoms with Crippen molar-refractivity contribution in [3.8, 4) is 5.75 Å². The van der Waals surface area contributed by atoms with Crippen molar-refractivity contribution in [1.29, 1.82) is 0 Å². The Morgan fingerprint density at radius 1 is 1.11 bits per heavy atom. The van der Waals surface area contributed by atoms with Crippen LogP contribution in [0.15, 0.2) is 53.5 Å². The van der Waals surface area contributed by atoms with Gasteiger partial charge in [-0.15, -0.1) is 0 Å². The number of hydrogen-bond acceptors (Lipinski definition) is 2. The Kier molecular flexibility index (Phi) is 3.63. The highest BCUT2D eigenvalue weighted by Gasteiger charge is 2.02. The lowest BCUT2D eigenvalue weighted by Crippen LogP contribution is -2.14. The molecule has 2 aromatic rings. The molecule has 0 spiro atoms. The maximum Gasteiger partial charge on any atom is 0.131 e. The highest BCUT2D eigenvalue weighted by Crippen LogP contribution is 2.20. The van der Waals surface area contributed by atoms with Crippen LogP contribution in [0, 0.1) is 6.92 Å². The van der Waals surface area contributed by atoms with E-state index in [1.165, 1.54) is 0 Å². The maximum absolute atomic E-state index is 6.03. The molecule has 3 heteroatoms. The first-order chi connectivity index (χ1) is 8.70. The topological polar surface area (TPSA) is 47.6 Å². The van der Waals surface area contributed by atoms with Gasteiger partial charge in [-0.05, 0) is 24.6 Å². The average Bonchev–Trinajstić information content (AvgIpc) is 2.39. The summed E-state index contributed by atoms with van der Waals surface area (Å²) in [5, 5.41) is 0. The zero-order valence-corrected chi connectivity index (χ0v) is 10.6. The van der Waals surface area contributed by atoms with E-state index >= 15 is 0 Å². The van der Waals surface area contributed by atoms with Gasteiger partial charge in [0.05, 0.1) is 12.8 Å². The number of benzene rings is 2. The molecule has 0 saturated heterocycles. The number of hydrogen-bond donors (Lipinski definition) is 1. The van der Waals surface area contributed by atoms with Crippen molar-refractivity contribution in [1.82, 2.24) is 0 Å². The smallest absolute Gasteiger partial charge is 0.131 e. The highest BCUT2D eigenvalue weighted by atomic mass is 16.5. The lowest BCUT2D eigenvalue weighted by atomic mass is 10.1. The van der Waals surface area contributed by atoms with Gasteiger partial charge in [-0.25, -0.2) is 4.99 Å². The van der Waals surface area contributed by atoms with Crippen LogP contribution in [-0.4, -0.2) is 12.9 Å². The SMILES string of the molecule is COc1cccc(N=C(N)c2ccccc2C)c1. The van der Waals surface area contributed by atoms with Crippen LogP contribution in [0.3, 0.4) is 0 Å². The number of ether oxygens (including phenoxy) is 1. The molecule has 2 N–H and O–H groups in total. The van der Waals surface area contributed by atoms with Crippen LogP contribution in [-0.2, 0) is 0 Å². The minimum absolute atomic E-state index is 0.515. The first-order valence-corrected chi connectivity index (χ1v) is 5.75. The van der Waals surface area contributed by atoms with Crippen LogP contribution < -0.4 is 10.5 Å². The minimum Gasteiger partial charge on any atom is -0.497 e. The van der Waals surface area contributed by atoms with Crippen molar-refractivity contribution in [3.63, 3.8) is 0 Å². The molecule has 0 aliphatic rings. The molecule has 0 saturated carbocycles. The summed E-state index contributed by atoms with van der Waals surface area (Å²) in [5.74, 6) is 1.29. The summed E-state index contributed by atoms with van der Waals surface area (Å²) in [6.07, 6.45) is 0. The van der Waals surface area contributed by atoms with Crippen molar-refractivity contribution < 1.29 is 4.74 Å². The van der Waals surface area contributed by atoms with E-state index in [-0.39, 0.29) is 0 Å². The van der Waals surface area contributed by atoms with Gasteiger partial charge in [-0.1, -0.05) is 30.3 Å². The summed E-state index contributed by atoms with van der Waals surface area (Å²) in [6.45, 7) is 2.02. The van der Waals surface area contributed by atoms with Gasteiger partial charge in [0.2, 0.25) is 0 Å². The summed E-state index contributed by atoms with van der Waals surface area (Å²) >= 11 is 0. The molecule has 92 valence electrons. The van der Waals surface area contributed by atoms with E-state index in [0.717, 1.165) is 22.6 Å². The van der Waals surface area contributed by atoms with Gasteiger partial charge in [-0.2, -0.15) is 0 Å². The van der Waals surface area contributed by atoms with Crippen molar-refractivity contribution in [2.45, 2.75) is 6.92 Å². The standard InChI is InChI=1S/C15H16N2O/c1-11-6-3-4-9-14(11)15(16)17-12-7-5-8-13(10-12)18-2/h3-10H,1-2H3,(H2,16,17). The van der Waals surface area contributed by atoms with Gasteiger partial charge in [0.1, 0.15) is 11.6 Å². The third-order valence-corrected chi connectivity index (χ3v) is 2.72. The third kappa shape index (κ3) is 2.69. The molecule has 2 aromatic carbocycles. The molecule has 0 aliphatic heterocycles. The van der Waals surface area contributed by atoms with Crippen molar-refractivity contribution in [2.24, 2.45) is 10.7 Å². The molecule has 0 aromatic heterocycles. The Hall–Kier alpha value is -2.29. The lowest BCUT2D eigenvalue weighted by molar-refractivity contribution is 0.415. The fourth-order valence-electron chi connectivity index (χ4n) is 1.74. The second-order valence-electron chi connectivity index (χ2n) is 4.01. The molecule has 0 radical (unpaired) electrons. The largest absolute Gasteiger partial charge is 0.497 e. The molecule has 3 nitrogen and oxygen atoms in total. The predicted molar refractivity (Wildman–Crippen MR) is 74.6 cm³/mol. The maximum atomic E-state index is 6.03. The number of methoxy groups -OCH3 is 1. The number of nitrogens with two attached hydrogens (primary N) is 1. The van der Waals surface area contributed by atoms with E-state index in [1.54, 1.807) is 7.11 Å². The minimum atomic E-state index is 0.515. The summed E-state index contributed by atoms with van der Waals surface area (Å²) < 4.78 is 5.16. The zero-order chi connectivity index (χ0) is 13.0. The van der Waals surface area contributed by atoms with Crippen LogP contribution in [0.1, 0.15) is 11.1 Å². The Bertz CT molecular complexity index is 576. The van der Waals surface area contributed by atoms with E-state index in [2.05, 4.69) is 4.99 Å². The van der Waals surface area contributed by atoms with Crippen LogP contribution in [0.25, 0.3) is 0 Å². The zero-order valence-electron chi connectivity index (χ0n) is 10.6. The first kappa shape index (κ1) is 12.2. The second kappa shape index (κ2) is 5.36. The lowest BCUT2D eigenvalue weighted by Gasteiger charge is -2.05. The number of amidine groups is 1. The molecule has 0 aliphatic carbocycles. The van der Waals surface area contributed by atoms with Crippen LogP contribution >= 0.6 is 0 Å². The molecule has 0 bridgehead atoms. The fraction of sp³-hybridized carbons (Fsp3) is 0.133. The van der Waals surface area contributed by atoms with E-state index in [4.69, 9.17) is 10.5 Å². The Balaban J connectivity index is 2.35. The van der Waals surface area contributed by atoms with Crippen molar-refractivity contribution in [3.05, 3.63) is 59.7 Å². The summed E-state index contributed by atoms with van der Waals surface area (Å²) in [7, 11) is 1.63. The fourth-order valence-corrected chi connectivity index (χ4v) is 1.74. The number of aryl methyl sites for hydroxylation is 1. The molecule has 0 fully saturated rings. The highest BCUT2D eigenvalue weighted by molar-refractivity contribution is 6.00.